The summed E-state index contributed by atoms with van der Waals surface area (Å²) in [5.74, 6) is 0. The largest absolute Gasteiger partial charge is 0.274 e. The van der Waals surface area contributed by atoms with Gasteiger partial charge in [-0.2, -0.15) is 5.10 Å². The summed E-state index contributed by atoms with van der Waals surface area (Å²) in [6.07, 6.45) is 1.46. The van der Waals surface area contributed by atoms with Gasteiger partial charge in [-0.15, -0.1) is 0 Å². The van der Waals surface area contributed by atoms with E-state index in [4.69, 9.17) is 0 Å². The van der Waals surface area contributed by atoms with Crippen molar-refractivity contribution in [1.29, 1.82) is 0 Å². The molecule has 24 heavy (non-hydrogen) atoms. The maximum absolute atomic E-state index is 12.4. The van der Waals surface area contributed by atoms with Gasteiger partial charge in [-0.05, 0) is 30.7 Å². The maximum atomic E-state index is 12.4. The molecule has 0 aliphatic heterocycles. The lowest BCUT2D eigenvalue weighted by Crippen LogP contribution is -2.21. The predicted octanol–water partition coefficient (Wildman–Crippen LogP) is 2.69. The van der Waals surface area contributed by atoms with Gasteiger partial charge in [0.2, 0.25) is 0 Å². The second-order valence-corrected chi connectivity index (χ2v) is 7.28. The van der Waals surface area contributed by atoms with Gasteiger partial charge in [0.1, 0.15) is 0 Å². The molecule has 0 saturated carbocycles. The summed E-state index contributed by atoms with van der Waals surface area (Å²) in [7, 11) is -1.99. The third kappa shape index (κ3) is 2.88. The molecule has 122 valence electrons. The molecule has 0 atom stereocenters. The molecule has 0 aliphatic carbocycles. The number of benzene rings is 2. The zero-order chi connectivity index (χ0) is 17.3. The Labute approximate surface area is 139 Å². The van der Waals surface area contributed by atoms with Crippen molar-refractivity contribution in [2.24, 2.45) is 7.05 Å². The molecule has 0 saturated heterocycles. The molecule has 0 aliphatic rings. The molecular weight excluding hydrogens is 324 g/mol. The van der Waals surface area contributed by atoms with E-state index in [1.54, 1.807) is 37.4 Å². The van der Waals surface area contributed by atoms with Gasteiger partial charge in [-0.25, -0.2) is 13.1 Å². The molecular formula is C18H16N2O3S. The Morgan fingerprint density at radius 3 is 2.46 bits per heavy atom. The lowest BCUT2D eigenvalue weighted by Gasteiger charge is -2.07. The first-order chi connectivity index (χ1) is 11.4. The maximum Gasteiger partial charge on any atom is 0.274 e. The molecule has 0 spiro atoms. The zero-order valence-corrected chi connectivity index (χ0v) is 14.1. The highest BCUT2D eigenvalue weighted by Crippen LogP contribution is 2.20. The van der Waals surface area contributed by atoms with E-state index in [-0.39, 0.29) is 10.5 Å². The smallest absolute Gasteiger partial charge is 0.267 e. The Kier molecular flexibility index (Phi) is 4.07. The number of nitrogens with zero attached hydrogens (tertiary/aromatic N) is 2. The summed E-state index contributed by atoms with van der Waals surface area (Å²) in [6, 6.07) is 13.5. The minimum Gasteiger partial charge on any atom is -0.267 e. The van der Waals surface area contributed by atoms with Gasteiger partial charge >= 0.3 is 0 Å². The fourth-order valence-corrected chi connectivity index (χ4v) is 3.61. The molecule has 3 rings (SSSR count). The van der Waals surface area contributed by atoms with Crippen LogP contribution in [0.15, 0.2) is 63.6 Å². The van der Waals surface area contributed by atoms with Crippen LogP contribution in [0.3, 0.4) is 0 Å². The van der Waals surface area contributed by atoms with Crippen molar-refractivity contribution in [2.75, 3.05) is 0 Å². The molecule has 3 aromatic rings. The van der Waals surface area contributed by atoms with Gasteiger partial charge in [0, 0.05) is 17.8 Å². The highest BCUT2D eigenvalue weighted by atomic mass is 32.2. The number of hydrogen-bond donors (Lipinski definition) is 0. The van der Waals surface area contributed by atoms with Gasteiger partial charge in [0.05, 0.1) is 16.0 Å². The number of aryl methyl sites for hydroxylation is 2. The van der Waals surface area contributed by atoms with E-state index in [1.165, 1.54) is 22.9 Å². The summed E-state index contributed by atoms with van der Waals surface area (Å²) >= 11 is 0. The van der Waals surface area contributed by atoms with Crippen LogP contribution >= 0.6 is 0 Å². The average Bonchev–Trinajstić information content (AvgIpc) is 2.58. The van der Waals surface area contributed by atoms with Crippen LogP contribution in [0.25, 0.3) is 16.8 Å². The van der Waals surface area contributed by atoms with Gasteiger partial charge in [0.15, 0.2) is 9.84 Å². The van der Waals surface area contributed by atoms with Gasteiger partial charge in [-0.3, -0.25) is 4.79 Å². The van der Waals surface area contributed by atoms with Crippen LogP contribution in [-0.2, 0) is 16.9 Å². The van der Waals surface area contributed by atoms with Crippen molar-refractivity contribution in [3.63, 3.8) is 0 Å². The van der Waals surface area contributed by atoms with Gasteiger partial charge < -0.3 is 0 Å². The standard InChI is InChI=1S/C18H16N2O3S/c1-13-16-10-6-7-14(17(16)18(21)20(2)19-13)11-12-24(22,23)15-8-4-3-5-9-15/h3-12H,1-2H3/b12-11+. The second kappa shape index (κ2) is 6.05. The van der Waals surface area contributed by atoms with E-state index in [9.17, 15) is 13.2 Å². The van der Waals surface area contributed by atoms with E-state index in [2.05, 4.69) is 5.10 Å². The number of aromatic nitrogens is 2. The van der Waals surface area contributed by atoms with E-state index >= 15 is 0 Å². The molecule has 0 amide bonds. The monoisotopic (exact) mass is 340 g/mol. The second-order valence-electron chi connectivity index (χ2n) is 5.44. The van der Waals surface area contributed by atoms with Crippen LogP contribution in [-0.4, -0.2) is 18.2 Å². The third-order valence-electron chi connectivity index (χ3n) is 3.79. The average molecular weight is 340 g/mol. The lowest BCUT2D eigenvalue weighted by molar-refractivity contribution is 0.605. The van der Waals surface area contributed by atoms with Gasteiger partial charge in [-0.1, -0.05) is 36.4 Å². The molecule has 0 bridgehead atoms. The molecule has 0 N–H and O–H groups in total. The van der Waals surface area contributed by atoms with Crippen LogP contribution in [0.2, 0.25) is 0 Å². The van der Waals surface area contributed by atoms with Gasteiger partial charge in [0.25, 0.3) is 5.56 Å². The van der Waals surface area contributed by atoms with Crippen molar-refractivity contribution in [3.05, 3.63) is 75.6 Å². The Hall–Kier alpha value is -2.73. The van der Waals surface area contributed by atoms with E-state index in [0.29, 0.717) is 16.6 Å². The molecule has 1 aromatic heterocycles. The normalized spacial score (nSPS) is 12.1. The Balaban J connectivity index is 2.17. The topological polar surface area (TPSA) is 69.0 Å². The molecule has 0 radical (unpaired) electrons. The number of sulfone groups is 1. The number of hydrogen-bond acceptors (Lipinski definition) is 4. The molecule has 0 fully saturated rings. The fourth-order valence-electron chi connectivity index (χ4n) is 2.59. The van der Waals surface area contributed by atoms with Crippen LogP contribution in [0.4, 0.5) is 0 Å². The Bertz CT molecular complexity index is 1100. The predicted molar refractivity (Wildman–Crippen MR) is 94.4 cm³/mol. The number of fused-ring (bicyclic) bond motifs is 1. The third-order valence-corrected chi connectivity index (χ3v) is 5.22. The van der Waals surface area contributed by atoms with Crippen molar-refractivity contribution >= 4 is 26.7 Å². The summed E-state index contributed by atoms with van der Waals surface area (Å²) in [4.78, 5) is 12.6. The first-order valence-electron chi connectivity index (χ1n) is 7.35. The first-order valence-corrected chi connectivity index (χ1v) is 8.89. The van der Waals surface area contributed by atoms with Crippen LogP contribution in [0.1, 0.15) is 11.3 Å². The summed E-state index contributed by atoms with van der Waals surface area (Å²) in [5.41, 5.74) is 1.01. The summed E-state index contributed by atoms with van der Waals surface area (Å²) in [6.45, 7) is 1.82. The van der Waals surface area contributed by atoms with Crippen LogP contribution in [0.5, 0.6) is 0 Å². The SMILES string of the molecule is Cc1nn(C)c(=O)c2c(/C=C/S(=O)(=O)c3ccccc3)cccc12. The molecule has 0 unspecified atom stereocenters. The van der Waals surface area contributed by atoms with Crippen molar-refractivity contribution in [3.8, 4) is 0 Å². The number of rotatable bonds is 3. The van der Waals surface area contributed by atoms with Crippen molar-refractivity contribution in [1.82, 2.24) is 9.78 Å². The summed E-state index contributed by atoms with van der Waals surface area (Å²) in [5, 5.41) is 6.48. The van der Waals surface area contributed by atoms with Crippen LogP contribution < -0.4 is 5.56 Å². The zero-order valence-electron chi connectivity index (χ0n) is 13.3. The quantitative estimate of drug-likeness (QED) is 0.735. The lowest BCUT2D eigenvalue weighted by atomic mass is 10.1. The van der Waals surface area contributed by atoms with E-state index < -0.39 is 9.84 Å². The summed E-state index contributed by atoms with van der Waals surface area (Å²) < 4.78 is 26.0. The Morgan fingerprint density at radius 1 is 1.04 bits per heavy atom. The molecule has 6 heteroatoms. The first kappa shape index (κ1) is 16.1. The molecule has 1 heterocycles. The van der Waals surface area contributed by atoms with E-state index in [0.717, 1.165) is 10.8 Å². The minimum absolute atomic E-state index is 0.215. The van der Waals surface area contributed by atoms with Crippen molar-refractivity contribution < 1.29 is 8.42 Å². The van der Waals surface area contributed by atoms with E-state index in [1.807, 2.05) is 13.0 Å². The fraction of sp³-hybridized carbons (Fsp3) is 0.111. The van der Waals surface area contributed by atoms with Crippen molar-refractivity contribution in [2.45, 2.75) is 11.8 Å². The molecule has 5 nitrogen and oxygen atoms in total. The minimum atomic E-state index is -3.57. The Morgan fingerprint density at radius 2 is 1.75 bits per heavy atom. The molecule has 2 aromatic carbocycles. The highest BCUT2D eigenvalue weighted by molar-refractivity contribution is 7.94. The van der Waals surface area contributed by atoms with Crippen LogP contribution in [0, 0.1) is 6.92 Å². The highest BCUT2D eigenvalue weighted by Gasteiger charge is 2.12.